The van der Waals surface area contributed by atoms with Gasteiger partial charge in [-0.15, -0.1) is 0 Å². The average molecular weight is 427 g/mol. The van der Waals surface area contributed by atoms with Gasteiger partial charge in [-0.25, -0.2) is 0 Å². The minimum absolute atomic E-state index is 0.0607. The smallest absolute Gasteiger partial charge is 0.282 e. The van der Waals surface area contributed by atoms with Gasteiger partial charge in [-0.05, 0) is 45.9 Å². The van der Waals surface area contributed by atoms with Crippen LogP contribution in [-0.2, 0) is 9.59 Å². The van der Waals surface area contributed by atoms with Gasteiger partial charge in [0.1, 0.15) is 18.8 Å². The van der Waals surface area contributed by atoms with E-state index in [-0.39, 0.29) is 23.4 Å². The molecular formula is C21H35ClN4O3+2. The summed E-state index contributed by atoms with van der Waals surface area (Å²) in [6, 6.07) is 4.96. The summed E-state index contributed by atoms with van der Waals surface area (Å²) in [7, 11) is 1.57. The molecule has 1 aromatic carbocycles. The molecule has 1 heterocycles. The van der Waals surface area contributed by atoms with Gasteiger partial charge in [0.15, 0.2) is 12.6 Å². The van der Waals surface area contributed by atoms with Crippen LogP contribution >= 0.6 is 11.6 Å². The minimum atomic E-state index is -0.215. The zero-order chi connectivity index (χ0) is 21.6. The van der Waals surface area contributed by atoms with Crippen LogP contribution in [0.3, 0.4) is 0 Å². The monoisotopic (exact) mass is 426 g/mol. The molecule has 0 saturated carbocycles. The summed E-state index contributed by atoms with van der Waals surface area (Å²) in [6.45, 7) is 12.0. The minimum Gasteiger partial charge on any atom is -0.495 e. The van der Waals surface area contributed by atoms with Crippen molar-refractivity contribution in [3.05, 3.63) is 23.2 Å². The molecule has 29 heavy (non-hydrogen) atoms. The predicted molar refractivity (Wildman–Crippen MR) is 115 cm³/mol. The Bertz CT molecular complexity index is 720. The molecule has 8 heteroatoms. The Kier molecular flexibility index (Phi) is 8.31. The van der Waals surface area contributed by atoms with E-state index in [1.54, 1.807) is 25.3 Å². The van der Waals surface area contributed by atoms with E-state index < -0.39 is 0 Å². The van der Waals surface area contributed by atoms with Crippen molar-refractivity contribution >= 4 is 29.1 Å². The summed E-state index contributed by atoms with van der Waals surface area (Å²) >= 11 is 6.06. The molecular weight excluding hydrogens is 392 g/mol. The summed E-state index contributed by atoms with van der Waals surface area (Å²) in [6.07, 6.45) is 0.978. The van der Waals surface area contributed by atoms with E-state index in [4.69, 9.17) is 16.3 Å². The topological polar surface area (TPSA) is 76.3 Å². The number of methoxy groups -OCH3 is 1. The number of amides is 2. The van der Waals surface area contributed by atoms with Crippen molar-refractivity contribution in [3.8, 4) is 5.75 Å². The van der Waals surface area contributed by atoms with Crippen LogP contribution in [0, 0.1) is 0 Å². The molecule has 0 bridgehead atoms. The number of anilines is 1. The van der Waals surface area contributed by atoms with Crippen molar-refractivity contribution in [1.82, 2.24) is 5.32 Å². The van der Waals surface area contributed by atoms with Gasteiger partial charge in [-0.2, -0.15) is 0 Å². The van der Waals surface area contributed by atoms with E-state index in [9.17, 15) is 9.59 Å². The number of nitrogens with one attached hydrogen (secondary N) is 4. The molecule has 3 atom stereocenters. The third-order valence-corrected chi connectivity index (χ3v) is 5.41. The number of benzene rings is 1. The highest BCUT2D eigenvalue weighted by Gasteiger charge is 2.30. The number of carbonyl (C=O) groups is 2. The van der Waals surface area contributed by atoms with Crippen LogP contribution in [0.5, 0.6) is 5.75 Å². The molecule has 7 nitrogen and oxygen atoms in total. The van der Waals surface area contributed by atoms with E-state index in [0.717, 1.165) is 32.6 Å². The zero-order valence-electron chi connectivity index (χ0n) is 18.2. The number of quaternary nitrogens is 2. The fourth-order valence-corrected chi connectivity index (χ4v) is 3.83. The molecule has 4 N–H and O–H groups in total. The Hall–Kier alpha value is -1.83. The second kappa shape index (κ2) is 10.3. The molecule has 0 aromatic heterocycles. The van der Waals surface area contributed by atoms with E-state index in [2.05, 4.69) is 10.6 Å². The molecule has 0 aliphatic carbocycles. The maximum atomic E-state index is 12.8. The molecule has 0 spiro atoms. The first-order valence-electron chi connectivity index (χ1n) is 10.2. The quantitative estimate of drug-likeness (QED) is 0.507. The SMILES string of the molecule is COc1ccc(Cl)cc1NC(=O)[C@@H](C)[NH+]1CCC[NH+](CC(=O)NC(C)(C)C)CC1. The molecule has 1 aliphatic rings. The first-order chi connectivity index (χ1) is 13.6. The Balaban J connectivity index is 1.91. The van der Waals surface area contributed by atoms with E-state index in [0.29, 0.717) is 23.0 Å². The van der Waals surface area contributed by atoms with E-state index in [1.807, 2.05) is 27.7 Å². The highest BCUT2D eigenvalue weighted by molar-refractivity contribution is 6.31. The number of rotatable bonds is 6. The van der Waals surface area contributed by atoms with Gasteiger partial charge in [-0.3, -0.25) is 9.59 Å². The molecule has 2 unspecified atom stereocenters. The van der Waals surface area contributed by atoms with Crippen LogP contribution < -0.4 is 25.2 Å². The highest BCUT2D eigenvalue weighted by atomic mass is 35.5. The van der Waals surface area contributed by atoms with Gasteiger partial charge in [-0.1, -0.05) is 11.6 Å². The summed E-state index contributed by atoms with van der Waals surface area (Å²) < 4.78 is 5.31. The Morgan fingerprint density at radius 2 is 1.93 bits per heavy atom. The number of hydrogen-bond donors (Lipinski definition) is 4. The second-order valence-corrected chi connectivity index (χ2v) is 9.23. The van der Waals surface area contributed by atoms with E-state index >= 15 is 0 Å². The van der Waals surface area contributed by atoms with Crippen molar-refractivity contribution in [2.24, 2.45) is 0 Å². The first-order valence-corrected chi connectivity index (χ1v) is 10.6. The first kappa shape index (κ1) is 23.4. The number of halogens is 1. The zero-order valence-corrected chi connectivity index (χ0v) is 18.9. The van der Waals surface area contributed by atoms with Crippen molar-refractivity contribution in [1.29, 1.82) is 0 Å². The lowest BCUT2D eigenvalue weighted by Crippen LogP contribution is -3.20. The van der Waals surface area contributed by atoms with Crippen LogP contribution in [0.25, 0.3) is 0 Å². The Morgan fingerprint density at radius 1 is 1.21 bits per heavy atom. The predicted octanol–water partition coefficient (Wildman–Crippen LogP) is -0.236. The van der Waals surface area contributed by atoms with Gasteiger partial charge in [0, 0.05) is 17.0 Å². The van der Waals surface area contributed by atoms with Crippen LogP contribution in [-0.4, -0.2) is 63.2 Å². The summed E-state index contributed by atoms with van der Waals surface area (Å²) in [5.74, 6) is 0.602. The van der Waals surface area contributed by atoms with Gasteiger partial charge in [0.25, 0.3) is 11.8 Å². The van der Waals surface area contributed by atoms with Crippen molar-refractivity contribution in [3.63, 3.8) is 0 Å². The van der Waals surface area contributed by atoms with E-state index in [1.165, 1.54) is 9.80 Å². The molecule has 2 amide bonds. The van der Waals surface area contributed by atoms with Crippen LogP contribution in [0.15, 0.2) is 18.2 Å². The number of ether oxygens (including phenoxy) is 1. The van der Waals surface area contributed by atoms with Crippen LogP contribution in [0.2, 0.25) is 5.02 Å². The highest BCUT2D eigenvalue weighted by Crippen LogP contribution is 2.27. The second-order valence-electron chi connectivity index (χ2n) is 8.79. The van der Waals surface area contributed by atoms with Crippen LogP contribution in [0.4, 0.5) is 5.69 Å². The third kappa shape index (κ3) is 7.49. The lowest BCUT2D eigenvalue weighted by molar-refractivity contribution is -0.942. The molecule has 162 valence electrons. The summed E-state index contributed by atoms with van der Waals surface area (Å²) in [5.41, 5.74) is 0.366. The largest absolute Gasteiger partial charge is 0.495 e. The standard InChI is InChI=1S/C21H33ClN4O3/c1-15(20(28)23-17-13-16(22)7-8-18(17)29-5)26-10-6-9-25(11-12-26)14-19(27)24-21(2,3)4/h7-8,13,15H,6,9-12,14H2,1-5H3,(H,23,28)(H,24,27)/p+2/t15-/m1/s1. The number of hydrogen-bond acceptors (Lipinski definition) is 3. The van der Waals surface area contributed by atoms with Gasteiger partial charge >= 0.3 is 0 Å². The normalized spacial score (nSPS) is 21.0. The van der Waals surface area contributed by atoms with Crippen molar-refractivity contribution < 1.29 is 24.1 Å². The summed E-state index contributed by atoms with van der Waals surface area (Å²) in [5, 5.41) is 6.52. The average Bonchev–Trinajstić information content (AvgIpc) is 2.85. The molecule has 0 radical (unpaired) electrons. The Morgan fingerprint density at radius 3 is 2.59 bits per heavy atom. The molecule has 1 aliphatic heterocycles. The van der Waals surface area contributed by atoms with Gasteiger partial charge in [0.2, 0.25) is 0 Å². The molecule has 1 fully saturated rings. The lowest BCUT2D eigenvalue weighted by Gasteiger charge is -2.24. The Labute approximate surface area is 178 Å². The lowest BCUT2D eigenvalue weighted by atomic mass is 10.1. The molecule has 2 rings (SSSR count). The van der Waals surface area contributed by atoms with Crippen LogP contribution in [0.1, 0.15) is 34.1 Å². The maximum absolute atomic E-state index is 12.8. The van der Waals surface area contributed by atoms with Crippen molar-refractivity contribution in [2.45, 2.75) is 45.7 Å². The fraction of sp³-hybridized carbons (Fsp3) is 0.619. The molecule has 1 aromatic rings. The van der Waals surface area contributed by atoms with Crippen molar-refractivity contribution in [2.75, 3.05) is 45.2 Å². The fourth-order valence-electron chi connectivity index (χ4n) is 3.66. The van der Waals surface area contributed by atoms with Gasteiger partial charge < -0.3 is 25.2 Å². The number of carbonyl (C=O) groups excluding carboxylic acids is 2. The molecule has 1 saturated heterocycles. The third-order valence-electron chi connectivity index (χ3n) is 5.18. The summed E-state index contributed by atoms with van der Waals surface area (Å²) in [4.78, 5) is 27.5. The maximum Gasteiger partial charge on any atom is 0.282 e. The van der Waals surface area contributed by atoms with Gasteiger partial charge in [0.05, 0.1) is 25.9 Å².